The molecule has 2 heterocycles. The Balaban J connectivity index is 1.81. The molecule has 0 saturated carbocycles. The summed E-state index contributed by atoms with van der Waals surface area (Å²) in [5.41, 5.74) is 3.13. The van der Waals surface area contributed by atoms with Crippen LogP contribution in [0.4, 0.5) is 0 Å². The molecule has 0 bridgehead atoms. The fraction of sp³-hybridized carbons (Fsp3) is 0.450. The lowest BCUT2D eigenvalue weighted by molar-refractivity contribution is -0.133. The summed E-state index contributed by atoms with van der Waals surface area (Å²) in [6, 6.07) is 7.95. The third-order valence-electron chi connectivity index (χ3n) is 5.07. The normalized spacial score (nSPS) is 16.8. The minimum absolute atomic E-state index is 0.0193. The van der Waals surface area contributed by atoms with Gasteiger partial charge in [0, 0.05) is 12.2 Å². The van der Waals surface area contributed by atoms with Crippen LogP contribution in [0.5, 0.6) is 5.75 Å². The number of benzene rings is 1. The average Bonchev–Trinajstić information content (AvgIpc) is 3.20. The molecule has 1 saturated heterocycles. The maximum Gasteiger partial charge on any atom is 0.244 e. The summed E-state index contributed by atoms with van der Waals surface area (Å²) in [5.74, 6) is 0.802. The van der Waals surface area contributed by atoms with Crippen LogP contribution in [0.25, 0.3) is 0 Å². The number of methoxy groups -OCH3 is 1. The predicted octanol–water partition coefficient (Wildman–Crippen LogP) is 3.07. The van der Waals surface area contributed by atoms with Crippen molar-refractivity contribution < 1.29 is 14.3 Å². The fourth-order valence-electron chi connectivity index (χ4n) is 3.84. The Morgan fingerprint density at radius 1 is 1.31 bits per heavy atom. The van der Waals surface area contributed by atoms with Crippen LogP contribution < -0.4 is 4.74 Å². The highest BCUT2D eigenvalue weighted by molar-refractivity contribution is 5.96. The molecule has 1 fully saturated rings. The zero-order valence-electron chi connectivity index (χ0n) is 15.8. The van der Waals surface area contributed by atoms with Crippen LogP contribution in [0.3, 0.4) is 0 Å². The van der Waals surface area contributed by atoms with Crippen LogP contribution >= 0.6 is 0 Å². The number of ketones is 1. The van der Waals surface area contributed by atoms with E-state index in [4.69, 9.17) is 4.74 Å². The Labute approximate surface area is 153 Å². The lowest BCUT2D eigenvalue weighted by atomic mass is 10.0. The third kappa shape index (κ3) is 3.36. The number of rotatable bonds is 5. The molecule has 1 atom stereocenters. The van der Waals surface area contributed by atoms with E-state index >= 15 is 0 Å². The van der Waals surface area contributed by atoms with Gasteiger partial charge in [0.1, 0.15) is 12.3 Å². The average molecular weight is 355 g/mol. The second-order valence-corrected chi connectivity index (χ2v) is 6.78. The van der Waals surface area contributed by atoms with E-state index in [1.165, 1.54) is 6.92 Å². The standard InChI is InChI=1S/C20H25N3O3/c1-13-20(15(3)24)14(2)23(21-13)12-19(25)22-10-6-9-18(22)16-7-5-8-17(11-16)26-4/h5,7-8,11,18H,6,9-10,12H2,1-4H3. The lowest BCUT2D eigenvalue weighted by Crippen LogP contribution is -2.34. The predicted molar refractivity (Wildman–Crippen MR) is 98.4 cm³/mol. The van der Waals surface area contributed by atoms with Gasteiger partial charge < -0.3 is 9.64 Å². The van der Waals surface area contributed by atoms with E-state index in [-0.39, 0.29) is 24.3 Å². The summed E-state index contributed by atoms with van der Waals surface area (Å²) in [6.07, 6.45) is 1.91. The molecule has 1 unspecified atom stereocenters. The summed E-state index contributed by atoms with van der Waals surface area (Å²) in [7, 11) is 1.64. The summed E-state index contributed by atoms with van der Waals surface area (Å²) in [4.78, 5) is 26.6. The molecule has 0 N–H and O–H groups in total. The molecule has 6 nitrogen and oxygen atoms in total. The Hall–Kier alpha value is -2.63. The van der Waals surface area contributed by atoms with Crippen molar-refractivity contribution in [3.8, 4) is 5.75 Å². The lowest BCUT2D eigenvalue weighted by Gasteiger charge is -2.25. The van der Waals surface area contributed by atoms with E-state index in [0.717, 1.165) is 36.4 Å². The highest BCUT2D eigenvalue weighted by Gasteiger charge is 2.31. The molecule has 1 aliphatic rings. The molecule has 3 rings (SSSR count). The van der Waals surface area contributed by atoms with Crippen molar-refractivity contribution >= 4 is 11.7 Å². The molecule has 6 heteroatoms. The first-order valence-electron chi connectivity index (χ1n) is 8.90. The Morgan fingerprint density at radius 3 is 2.73 bits per heavy atom. The van der Waals surface area contributed by atoms with Gasteiger partial charge in [-0.2, -0.15) is 5.10 Å². The van der Waals surface area contributed by atoms with E-state index in [0.29, 0.717) is 11.3 Å². The van der Waals surface area contributed by atoms with E-state index in [9.17, 15) is 9.59 Å². The summed E-state index contributed by atoms with van der Waals surface area (Å²) < 4.78 is 6.96. The van der Waals surface area contributed by atoms with E-state index < -0.39 is 0 Å². The Morgan fingerprint density at radius 2 is 2.08 bits per heavy atom. The van der Waals surface area contributed by atoms with Crippen LogP contribution in [0.1, 0.15) is 53.1 Å². The van der Waals surface area contributed by atoms with Crippen molar-refractivity contribution in [2.45, 2.75) is 46.2 Å². The number of ether oxygens (including phenoxy) is 1. The highest BCUT2D eigenvalue weighted by atomic mass is 16.5. The van der Waals surface area contributed by atoms with E-state index in [2.05, 4.69) is 5.10 Å². The largest absolute Gasteiger partial charge is 0.497 e. The number of carbonyl (C=O) groups excluding carboxylic acids is 2. The fourth-order valence-corrected chi connectivity index (χ4v) is 3.84. The summed E-state index contributed by atoms with van der Waals surface area (Å²) >= 11 is 0. The van der Waals surface area contributed by atoms with Gasteiger partial charge in [-0.25, -0.2) is 0 Å². The number of aromatic nitrogens is 2. The van der Waals surface area contributed by atoms with E-state index in [1.54, 1.807) is 18.7 Å². The van der Waals surface area contributed by atoms with Crippen LogP contribution in [0.2, 0.25) is 0 Å². The first-order chi connectivity index (χ1) is 12.4. The number of amides is 1. The van der Waals surface area contributed by atoms with Crippen molar-refractivity contribution in [3.63, 3.8) is 0 Å². The maximum atomic E-state index is 12.9. The molecular formula is C20H25N3O3. The van der Waals surface area contributed by atoms with Gasteiger partial charge in [0.2, 0.25) is 5.91 Å². The minimum atomic E-state index is -0.0193. The molecule has 0 spiro atoms. The van der Waals surface area contributed by atoms with Gasteiger partial charge in [0.25, 0.3) is 0 Å². The second-order valence-electron chi connectivity index (χ2n) is 6.78. The van der Waals surface area contributed by atoms with Crippen molar-refractivity contribution in [1.29, 1.82) is 0 Å². The number of aryl methyl sites for hydroxylation is 1. The van der Waals surface area contributed by atoms with Gasteiger partial charge in [-0.05, 0) is 51.3 Å². The van der Waals surface area contributed by atoms with Gasteiger partial charge in [0.05, 0.1) is 24.4 Å². The zero-order chi connectivity index (χ0) is 18.8. The molecule has 0 radical (unpaired) electrons. The van der Waals surface area contributed by atoms with Crippen LogP contribution in [0.15, 0.2) is 24.3 Å². The van der Waals surface area contributed by atoms with Gasteiger partial charge >= 0.3 is 0 Å². The van der Waals surface area contributed by atoms with Crippen LogP contribution in [-0.2, 0) is 11.3 Å². The van der Waals surface area contributed by atoms with Gasteiger partial charge in [-0.3, -0.25) is 14.3 Å². The Bertz CT molecular complexity index is 841. The molecule has 2 aromatic rings. The molecule has 26 heavy (non-hydrogen) atoms. The Kier molecular flexibility index (Phi) is 5.11. The molecule has 0 aliphatic carbocycles. The van der Waals surface area contributed by atoms with Gasteiger partial charge in [-0.15, -0.1) is 0 Å². The SMILES string of the molecule is COc1cccc(C2CCCN2C(=O)Cn2nc(C)c(C(C)=O)c2C)c1. The maximum absolute atomic E-state index is 12.9. The zero-order valence-corrected chi connectivity index (χ0v) is 15.8. The number of hydrogen-bond acceptors (Lipinski definition) is 4. The number of hydrogen-bond donors (Lipinski definition) is 0. The highest BCUT2D eigenvalue weighted by Crippen LogP contribution is 2.33. The van der Waals surface area contributed by atoms with Crippen molar-refractivity contribution in [2.75, 3.05) is 13.7 Å². The minimum Gasteiger partial charge on any atom is -0.497 e. The molecule has 1 aliphatic heterocycles. The number of likely N-dealkylation sites (tertiary alicyclic amines) is 1. The van der Waals surface area contributed by atoms with Crippen LogP contribution in [-0.4, -0.2) is 40.0 Å². The smallest absolute Gasteiger partial charge is 0.244 e. The summed E-state index contributed by atoms with van der Waals surface area (Å²) in [6.45, 7) is 6.07. The van der Waals surface area contributed by atoms with Crippen molar-refractivity contribution in [2.24, 2.45) is 0 Å². The molecular weight excluding hydrogens is 330 g/mol. The first kappa shape index (κ1) is 18.2. The molecule has 1 aromatic heterocycles. The van der Waals surface area contributed by atoms with Gasteiger partial charge in [0.15, 0.2) is 5.78 Å². The monoisotopic (exact) mass is 355 g/mol. The molecule has 138 valence electrons. The van der Waals surface area contributed by atoms with Crippen molar-refractivity contribution in [3.05, 3.63) is 46.8 Å². The van der Waals surface area contributed by atoms with E-state index in [1.807, 2.05) is 36.1 Å². The third-order valence-corrected chi connectivity index (χ3v) is 5.07. The summed E-state index contributed by atoms with van der Waals surface area (Å²) in [5, 5.41) is 4.40. The molecule has 1 aromatic carbocycles. The van der Waals surface area contributed by atoms with Crippen LogP contribution in [0, 0.1) is 13.8 Å². The topological polar surface area (TPSA) is 64.4 Å². The van der Waals surface area contributed by atoms with Gasteiger partial charge in [-0.1, -0.05) is 12.1 Å². The molecule has 1 amide bonds. The number of Topliss-reactive ketones (excluding diaryl/α,β-unsaturated/α-hetero) is 1. The number of carbonyl (C=O) groups is 2. The van der Waals surface area contributed by atoms with Crippen molar-refractivity contribution in [1.82, 2.24) is 14.7 Å². The first-order valence-corrected chi connectivity index (χ1v) is 8.90. The quantitative estimate of drug-likeness (QED) is 0.773. The number of nitrogens with zero attached hydrogens (tertiary/aromatic N) is 3. The second kappa shape index (κ2) is 7.32.